The van der Waals surface area contributed by atoms with E-state index in [1.54, 1.807) is 58.5 Å². The second-order valence-corrected chi connectivity index (χ2v) is 17.7. The Bertz CT molecular complexity index is 1290. The number of amides is 4. The lowest BCUT2D eigenvalue weighted by molar-refractivity contribution is -0.146. The summed E-state index contributed by atoms with van der Waals surface area (Å²) in [6.45, 7) is 0. The van der Waals surface area contributed by atoms with Crippen LogP contribution in [0.4, 0.5) is 0 Å². The Morgan fingerprint density at radius 1 is 0.500 bits per heavy atom. The first kappa shape index (κ1) is 29.2. The molecule has 40 heavy (non-hydrogen) atoms. The molecule has 4 amide bonds. The first-order valence-corrected chi connectivity index (χ1v) is 15.6. The van der Waals surface area contributed by atoms with E-state index in [2.05, 4.69) is 0 Å². The summed E-state index contributed by atoms with van der Waals surface area (Å²) in [5.41, 5.74) is 1.34. The van der Waals surface area contributed by atoms with Gasteiger partial charge in [0.25, 0.3) is 18.1 Å². The van der Waals surface area contributed by atoms with Gasteiger partial charge in [0.2, 0.25) is 11.8 Å². The summed E-state index contributed by atoms with van der Waals surface area (Å²) in [5, 5.41) is 3.39. The van der Waals surface area contributed by atoms with Gasteiger partial charge in [0.1, 0.15) is 12.1 Å². The van der Waals surface area contributed by atoms with Crippen LogP contribution in [0.5, 0.6) is 0 Å². The highest BCUT2D eigenvalue weighted by atomic mass is 35.6. The second kappa shape index (κ2) is 10.4. The lowest BCUT2D eigenvalue weighted by Crippen LogP contribution is -2.48. The molecule has 6 atom stereocenters. The zero-order chi connectivity index (χ0) is 28.7. The van der Waals surface area contributed by atoms with E-state index in [0.29, 0.717) is 35.0 Å². The maximum Gasteiger partial charge on any atom is 0.259 e. The Balaban J connectivity index is 1.53. The molecule has 210 valence electrons. The number of nitrogens with zero attached hydrogens (tertiary/aromatic N) is 4. The molecule has 4 aliphatic rings. The molecule has 4 fully saturated rings. The minimum atomic E-state index is -1.98. The highest BCUT2D eigenvalue weighted by molar-refractivity contribution is 8.03. The zero-order valence-electron chi connectivity index (χ0n) is 19.7. The molecule has 4 aliphatic heterocycles. The number of benzene rings is 2. The predicted octanol–water partition coefficient (Wildman–Crippen LogP) is 5.67. The van der Waals surface area contributed by atoms with Crippen molar-refractivity contribution in [1.82, 2.24) is 18.6 Å². The average Bonchev–Trinajstić information content (AvgIpc) is 3.54. The molecule has 0 spiro atoms. The molecule has 2 aromatic rings. The minimum Gasteiger partial charge on any atom is -0.273 e. The van der Waals surface area contributed by atoms with Gasteiger partial charge in [0, 0.05) is 23.9 Å². The van der Waals surface area contributed by atoms with Crippen molar-refractivity contribution in [3.8, 4) is 0 Å². The second-order valence-electron chi connectivity index (χ2n) is 9.43. The summed E-state index contributed by atoms with van der Waals surface area (Å²) in [6.07, 6.45) is 0. The summed E-state index contributed by atoms with van der Waals surface area (Å²) >= 11 is 36.8. The van der Waals surface area contributed by atoms with Gasteiger partial charge in [-0.1, -0.05) is 130 Å². The van der Waals surface area contributed by atoms with Gasteiger partial charge in [0.05, 0.1) is 23.9 Å². The van der Waals surface area contributed by atoms with Crippen molar-refractivity contribution >= 4 is 117 Å². The van der Waals surface area contributed by atoms with E-state index in [-0.39, 0.29) is 0 Å². The highest BCUT2D eigenvalue weighted by Crippen LogP contribution is 2.61. The van der Waals surface area contributed by atoms with Gasteiger partial charge in [-0.2, -0.15) is 0 Å². The summed E-state index contributed by atoms with van der Waals surface area (Å²) in [5.74, 6) is -4.27. The minimum absolute atomic E-state index is 0.491. The molecule has 4 heterocycles. The third-order valence-electron chi connectivity index (χ3n) is 7.32. The zero-order valence-corrected chi connectivity index (χ0v) is 25.9. The molecule has 0 saturated carbocycles. The Morgan fingerprint density at radius 2 is 0.825 bits per heavy atom. The summed E-state index contributed by atoms with van der Waals surface area (Å²) < 4.78 is -2.21. The average molecular weight is 701 g/mol. The van der Waals surface area contributed by atoms with Crippen molar-refractivity contribution in [2.75, 3.05) is 0 Å². The Kier molecular flexibility index (Phi) is 7.56. The van der Waals surface area contributed by atoms with Gasteiger partial charge in [0.15, 0.2) is 0 Å². The third-order valence-corrected chi connectivity index (χ3v) is 10.1. The number of halogens is 6. The predicted molar refractivity (Wildman–Crippen MR) is 156 cm³/mol. The van der Waals surface area contributed by atoms with Gasteiger partial charge < -0.3 is 0 Å². The number of hydrazine groups is 1. The molecule has 4 saturated heterocycles. The van der Waals surface area contributed by atoms with E-state index in [1.807, 2.05) is 12.1 Å². The Hall–Kier alpha value is -0.920. The van der Waals surface area contributed by atoms with Gasteiger partial charge in [-0.3, -0.25) is 19.2 Å². The van der Waals surface area contributed by atoms with E-state index in [1.165, 1.54) is 0 Å². The summed E-state index contributed by atoms with van der Waals surface area (Å²) in [7, 11) is 0. The molecule has 0 N–H and O–H groups in total. The number of hydrogen-bond acceptors (Lipinski definition) is 8. The molecule has 16 heteroatoms. The van der Waals surface area contributed by atoms with Crippen LogP contribution >= 0.6 is 93.5 Å². The van der Waals surface area contributed by atoms with Crippen molar-refractivity contribution in [2.45, 2.75) is 30.4 Å². The Labute approximate surface area is 267 Å². The van der Waals surface area contributed by atoms with Crippen LogP contribution in [0.25, 0.3) is 0 Å². The molecule has 0 radical (unpaired) electrons. The smallest absolute Gasteiger partial charge is 0.259 e. The molecular formula is C24H16Cl6N4O4S2. The van der Waals surface area contributed by atoms with Gasteiger partial charge in [-0.15, -0.1) is 0 Å². The largest absolute Gasteiger partial charge is 0.273 e. The van der Waals surface area contributed by atoms with Crippen LogP contribution in [-0.2, 0) is 19.2 Å². The molecule has 2 aromatic carbocycles. The monoisotopic (exact) mass is 698 g/mol. The summed E-state index contributed by atoms with van der Waals surface area (Å²) in [4.78, 5) is 55.5. The lowest BCUT2D eigenvalue weighted by Gasteiger charge is -2.35. The van der Waals surface area contributed by atoms with Gasteiger partial charge in [-0.05, 0) is 11.1 Å². The van der Waals surface area contributed by atoms with E-state index >= 15 is 0 Å². The maximum absolute atomic E-state index is 13.9. The number of fused-ring (bicyclic) bond motifs is 5. The van der Waals surface area contributed by atoms with Crippen LogP contribution in [0.15, 0.2) is 60.7 Å². The molecular weight excluding hydrogens is 685 g/mol. The first-order valence-electron chi connectivity index (χ1n) is 11.7. The fraction of sp³-hybridized carbons (Fsp3) is 0.333. The van der Waals surface area contributed by atoms with Crippen molar-refractivity contribution in [1.29, 1.82) is 0 Å². The fourth-order valence-electron chi connectivity index (χ4n) is 6.13. The van der Waals surface area contributed by atoms with E-state index < -0.39 is 65.9 Å². The van der Waals surface area contributed by atoms with Crippen molar-refractivity contribution in [3.63, 3.8) is 0 Å². The fourth-order valence-corrected chi connectivity index (χ4v) is 8.61. The maximum atomic E-state index is 13.9. The van der Waals surface area contributed by atoms with Crippen molar-refractivity contribution in [3.05, 3.63) is 71.8 Å². The van der Waals surface area contributed by atoms with E-state index in [4.69, 9.17) is 69.6 Å². The quantitative estimate of drug-likeness (QED) is 0.229. The molecule has 0 unspecified atom stereocenters. The van der Waals surface area contributed by atoms with Crippen LogP contribution in [0.2, 0.25) is 0 Å². The third kappa shape index (κ3) is 4.72. The van der Waals surface area contributed by atoms with Crippen LogP contribution in [0.1, 0.15) is 23.2 Å². The molecule has 8 nitrogen and oxygen atoms in total. The topological polar surface area (TPSA) is 81.2 Å². The van der Waals surface area contributed by atoms with Gasteiger partial charge in [-0.25, -0.2) is 18.6 Å². The highest BCUT2D eigenvalue weighted by Gasteiger charge is 2.74. The van der Waals surface area contributed by atoms with Gasteiger partial charge >= 0.3 is 0 Å². The normalized spacial score (nSPS) is 30.9. The Morgan fingerprint density at radius 3 is 1.12 bits per heavy atom. The van der Waals surface area contributed by atoms with Crippen LogP contribution in [0.3, 0.4) is 0 Å². The number of imide groups is 2. The number of carbonyl (C=O) groups excluding carboxylic acids is 4. The number of carbonyl (C=O) groups is 4. The van der Waals surface area contributed by atoms with Crippen molar-refractivity contribution < 1.29 is 19.2 Å². The number of hydrogen-bond donors (Lipinski definition) is 0. The van der Waals surface area contributed by atoms with Crippen LogP contribution in [0, 0.1) is 11.8 Å². The summed E-state index contributed by atoms with van der Waals surface area (Å²) in [6, 6.07) is 14.3. The lowest BCUT2D eigenvalue weighted by atomic mass is 9.84. The van der Waals surface area contributed by atoms with E-state index in [9.17, 15) is 19.2 Å². The molecule has 0 aromatic heterocycles. The van der Waals surface area contributed by atoms with Crippen LogP contribution < -0.4 is 0 Å². The standard InChI is InChI=1S/C24H16Cl6N4O4S2/c25-23(26,27)39-33-19(35)13-15(11-7-3-1-4-8-11)31-18-14(20(36)34(22(18)38)40-24(28,29)30)16(12-9-5-2-6-10-12)32(31)17(13)21(33)37/h1-10,13-18H/t13-,14-,15-,16+,17+,18-/m0/s1. The number of rotatable bonds is 4. The SMILES string of the molecule is O=C1[C@@H]2[C@@H](C(=O)N1SC(Cl)(Cl)Cl)N1[C@@H](c3ccccc3)[C@@H]3C(=O)N(SC(Cl)(Cl)Cl)C(=O)[C@@H]3N1[C@@H]2c1ccccc1. The molecule has 0 bridgehead atoms. The van der Waals surface area contributed by atoms with E-state index in [0.717, 1.165) is 8.61 Å². The first-order chi connectivity index (χ1) is 18.8. The number of alkyl halides is 6. The van der Waals surface area contributed by atoms with Crippen LogP contribution in [-0.4, -0.2) is 60.6 Å². The van der Waals surface area contributed by atoms with Crippen molar-refractivity contribution in [2.24, 2.45) is 11.8 Å². The molecule has 0 aliphatic carbocycles. The molecule has 6 rings (SSSR count).